The van der Waals surface area contributed by atoms with E-state index < -0.39 is 0 Å². The molecule has 30 heavy (non-hydrogen) atoms. The van der Waals surface area contributed by atoms with E-state index in [-0.39, 0.29) is 18.0 Å². The lowest BCUT2D eigenvalue weighted by atomic mass is 10.2. The maximum absolute atomic E-state index is 12.5. The molecule has 2 aromatic carbocycles. The van der Waals surface area contributed by atoms with Crippen molar-refractivity contribution in [2.75, 3.05) is 26.1 Å². The van der Waals surface area contributed by atoms with Crippen LogP contribution in [0.25, 0.3) is 6.08 Å². The summed E-state index contributed by atoms with van der Waals surface area (Å²) in [6, 6.07) is 11.3. The fraction of sp³-hybridized carbons (Fsp3) is 0.238. The first-order chi connectivity index (χ1) is 14.4. The van der Waals surface area contributed by atoms with Gasteiger partial charge in [-0.2, -0.15) is 5.26 Å². The number of anilines is 1. The Kier molecular flexibility index (Phi) is 7.13. The summed E-state index contributed by atoms with van der Waals surface area (Å²) in [5, 5.41) is 14.9. The highest BCUT2D eigenvalue weighted by atomic mass is 79.9. The van der Waals surface area contributed by atoms with Crippen molar-refractivity contribution in [3.63, 3.8) is 0 Å². The average Bonchev–Trinajstić information content (AvgIpc) is 3.05. The van der Waals surface area contributed by atoms with Gasteiger partial charge in [-0.05, 0) is 64.3 Å². The van der Waals surface area contributed by atoms with E-state index in [1.807, 2.05) is 31.2 Å². The van der Waals surface area contributed by atoms with Crippen LogP contribution in [0.4, 0.5) is 5.69 Å². The van der Waals surface area contributed by atoms with Crippen LogP contribution in [0.3, 0.4) is 0 Å². The number of nitrogens with zero attached hydrogens (tertiary/aromatic N) is 1. The summed E-state index contributed by atoms with van der Waals surface area (Å²) < 4.78 is 16.8. The molecule has 2 N–H and O–H groups in total. The van der Waals surface area contributed by atoms with Crippen LogP contribution in [0, 0.1) is 18.3 Å². The predicted octanol–water partition coefficient (Wildman–Crippen LogP) is 4.28. The fourth-order valence-electron chi connectivity index (χ4n) is 2.86. The number of benzene rings is 2. The summed E-state index contributed by atoms with van der Waals surface area (Å²) in [4.78, 5) is 13.0. The summed E-state index contributed by atoms with van der Waals surface area (Å²) in [7, 11) is 3.13. The SMILES string of the molecule is COc1ccc(C)cc1NC1NC(=O)/C(=C/c2cc(Br)c(OCC#N)c(OC)c2)S1. The highest BCUT2D eigenvalue weighted by Gasteiger charge is 2.28. The maximum atomic E-state index is 12.5. The lowest BCUT2D eigenvalue weighted by Crippen LogP contribution is -2.31. The number of hydrogen-bond acceptors (Lipinski definition) is 7. The summed E-state index contributed by atoms with van der Waals surface area (Å²) in [6.07, 6.45) is 1.77. The zero-order valence-electron chi connectivity index (χ0n) is 16.6. The Hall–Kier alpha value is -2.83. The van der Waals surface area contributed by atoms with Gasteiger partial charge in [-0.3, -0.25) is 4.79 Å². The highest BCUT2D eigenvalue weighted by molar-refractivity contribution is 9.10. The normalized spacial score (nSPS) is 16.7. The van der Waals surface area contributed by atoms with Crippen LogP contribution < -0.4 is 24.8 Å². The maximum Gasteiger partial charge on any atom is 0.260 e. The van der Waals surface area contributed by atoms with Crippen molar-refractivity contribution in [2.45, 2.75) is 12.4 Å². The number of thioether (sulfide) groups is 1. The molecule has 2 aromatic rings. The van der Waals surface area contributed by atoms with E-state index in [1.165, 1.54) is 18.9 Å². The molecular formula is C21H20BrN3O4S. The number of aryl methyl sites for hydroxylation is 1. The number of hydrogen-bond donors (Lipinski definition) is 2. The molecule has 1 amide bonds. The fourth-order valence-corrected chi connectivity index (χ4v) is 4.41. The van der Waals surface area contributed by atoms with Gasteiger partial charge in [0.05, 0.1) is 29.3 Å². The number of carbonyl (C=O) groups is 1. The first-order valence-electron chi connectivity index (χ1n) is 8.93. The first kappa shape index (κ1) is 21.9. The molecular weight excluding hydrogens is 470 g/mol. The van der Waals surface area contributed by atoms with E-state index in [2.05, 4.69) is 26.6 Å². The predicted molar refractivity (Wildman–Crippen MR) is 121 cm³/mol. The monoisotopic (exact) mass is 489 g/mol. The largest absolute Gasteiger partial charge is 0.495 e. The van der Waals surface area contributed by atoms with Crippen molar-refractivity contribution < 1.29 is 19.0 Å². The Labute approximate surface area is 187 Å². The number of amides is 1. The zero-order chi connectivity index (χ0) is 21.7. The van der Waals surface area contributed by atoms with Crippen molar-refractivity contribution in [3.05, 3.63) is 50.8 Å². The molecule has 0 aromatic heterocycles. The molecule has 0 saturated carbocycles. The molecule has 1 aliphatic heterocycles. The number of methoxy groups -OCH3 is 2. The lowest BCUT2D eigenvalue weighted by molar-refractivity contribution is -0.116. The van der Waals surface area contributed by atoms with Crippen LogP contribution in [0.15, 0.2) is 39.7 Å². The number of carbonyl (C=O) groups excluding carboxylic acids is 1. The van der Waals surface area contributed by atoms with Crippen molar-refractivity contribution in [1.82, 2.24) is 5.32 Å². The van der Waals surface area contributed by atoms with E-state index >= 15 is 0 Å². The molecule has 0 spiro atoms. The Balaban J connectivity index is 1.80. The van der Waals surface area contributed by atoms with Gasteiger partial charge in [0, 0.05) is 0 Å². The summed E-state index contributed by atoms with van der Waals surface area (Å²) >= 11 is 4.81. The second-order valence-electron chi connectivity index (χ2n) is 6.31. The topological polar surface area (TPSA) is 92.6 Å². The lowest BCUT2D eigenvalue weighted by Gasteiger charge is -2.16. The van der Waals surface area contributed by atoms with E-state index in [0.717, 1.165) is 16.8 Å². The minimum Gasteiger partial charge on any atom is -0.495 e. The van der Waals surface area contributed by atoms with Crippen LogP contribution in [0.1, 0.15) is 11.1 Å². The smallest absolute Gasteiger partial charge is 0.260 e. The standard InChI is InChI=1S/C21H20BrN3O4S/c1-12-4-5-16(27-2)15(8-12)24-21-25-20(26)18(30-21)11-13-9-14(22)19(29-7-6-23)17(10-13)28-3/h4-5,8-11,21,24H,7H2,1-3H3,(H,25,26)/b18-11-. The third kappa shape index (κ3) is 5.01. The van der Waals surface area contributed by atoms with E-state index in [4.69, 9.17) is 19.5 Å². The average molecular weight is 490 g/mol. The molecule has 0 bridgehead atoms. The van der Waals surface area contributed by atoms with E-state index in [9.17, 15) is 4.79 Å². The molecule has 1 heterocycles. The van der Waals surface area contributed by atoms with Gasteiger partial charge in [0.2, 0.25) is 0 Å². The Bertz CT molecular complexity index is 1040. The van der Waals surface area contributed by atoms with Crippen molar-refractivity contribution in [3.8, 4) is 23.3 Å². The van der Waals surface area contributed by atoms with Crippen LogP contribution in [0.5, 0.6) is 17.2 Å². The minimum atomic E-state index is -0.331. The molecule has 0 aliphatic carbocycles. The summed E-state index contributed by atoms with van der Waals surface area (Å²) in [5.41, 5.74) is 2.32. The quantitative estimate of drug-likeness (QED) is 0.560. The molecule has 156 valence electrons. The van der Waals surface area contributed by atoms with Crippen LogP contribution >= 0.6 is 27.7 Å². The third-order valence-electron chi connectivity index (χ3n) is 4.20. The van der Waals surface area contributed by atoms with Crippen LogP contribution in [-0.2, 0) is 4.79 Å². The van der Waals surface area contributed by atoms with Gasteiger partial charge in [-0.25, -0.2) is 0 Å². The second-order valence-corrected chi connectivity index (χ2v) is 8.31. The molecule has 0 radical (unpaired) electrons. The molecule has 3 rings (SSSR count). The van der Waals surface area contributed by atoms with E-state index in [1.54, 1.807) is 25.3 Å². The van der Waals surface area contributed by atoms with Gasteiger partial charge in [0.1, 0.15) is 11.8 Å². The number of halogens is 1. The molecule has 1 saturated heterocycles. The Morgan fingerprint density at radius 3 is 2.73 bits per heavy atom. The number of nitriles is 1. The summed E-state index contributed by atoms with van der Waals surface area (Å²) in [5.74, 6) is 1.43. The van der Waals surface area contributed by atoms with Gasteiger partial charge in [-0.1, -0.05) is 17.8 Å². The third-order valence-corrected chi connectivity index (χ3v) is 5.82. The molecule has 1 atom stereocenters. The molecule has 1 fully saturated rings. The Morgan fingerprint density at radius 1 is 1.27 bits per heavy atom. The van der Waals surface area contributed by atoms with Gasteiger partial charge < -0.3 is 24.8 Å². The molecule has 1 unspecified atom stereocenters. The van der Waals surface area contributed by atoms with Gasteiger partial charge in [0.25, 0.3) is 5.91 Å². The van der Waals surface area contributed by atoms with Crippen LogP contribution in [-0.4, -0.2) is 32.2 Å². The molecule has 7 nitrogen and oxygen atoms in total. The van der Waals surface area contributed by atoms with Crippen molar-refractivity contribution >= 4 is 45.4 Å². The number of ether oxygens (including phenoxy) is 3. The van der Waals surface area contributed by atoms with Crippen molar-refractivity contribution in [1.29, 1.82) is 5.26 Å². The van der Waals surface area contributed by atoms with Crippen LogP contribution in [0.2, 0.25) is 0 Å². The minimum absolute atomic E-state index is 0.0938. The van der Waals surface area contributed by atoms with Crippen molar-refractivity contribution in [2.24, 2.45) is 0 Å². The zero-order valence-corrected chi connectivity index (χ0v) is 19.0. The van der Waals surface area contributed by atoms with Gasteiger partial charge in [0.15, 0.2) is 23.6 Å². The number of rotatable bonds is 7. The van der Waals surface area contributed by atoms with Gasteiger partial charge in [-0.15, -0.1) is 0 Å². The Morgan fingerprint density at radius 2 is 2.03 bits per heavy atom. The second kappa shape index (κ2) is 9.78. The number of nitrogens with one attached hydrogen (secondary N) is 2. The summed E-state index contributed by atoms with van der Waals surface area (Å²) in [6.45, 7) is 1.90. The molecule has 1 aliphatic rings. The van der Waals surface area contributed by atoms with E-state index in [0.29, 0.717) is 26.6 Å². The first-order valence-corrected chi connectivity index (χ1v) is 10.6. The highest BCUT2D eigenvalue weighted by Crippen LogP contribution is 2.39. The van der Waals surface area contributed by atoms with Gasteiger partial charge >= 0.3 is 0 Å². The molecule has 9 heteroatoms.